The molecular weight excluding hydrogens is 302 g/mol. The van der Waals surface area contributed by atoms with Crippen LogP contribution in [0.4, 0.5) is 0 Å². The Morgan fingerprint density at radius 1 is 1.35 bits per heavy atom. The van der Waals surface area contributed by atoms with Gasteiger partial charge < -0.3 is 10.4 Å². The number of amides is 1. The fraction of sp³-hybridized carbons (Fsp3) is 0.167. The molecule has 0 aromatic carbocycles. The van der Waals surface area contributed by atoms with Crippen LogP contribution in [-0.4, -0.2) is 27.2 Å². The zero-order valence-corrected chi connectivity index (χ0v) is 11.7. The predicted molar refractivity (Wildman–Crippen MR) is 73.8 cm³/mol. The normalized spacial score (nSPS) is 11.8. The Labute approximate surface area is 123 Å². The minimum Gasteiger partial charge on any atom is -0.481 e. The first-order valence-corrected chi connectivity index (χ1v) is 6.87. The molecule has 2 rings (SSSR count). The van der Waals surface area contributed by atoms with E-state index in [1.807, 2.05) is 5.38 Å². The van der Waals surface area contributed by atoms with Crippen LogP contribution in [0.5, 0.6) is 0 Å². The number of carbonyl (C=O) groups is 2. The summed E-state index contributed by atoms with van der Waals surface area (Å²) in [6.45, 7) is 0. The van der Waals surface area contributed by atoms with Crippen molar-refractivity contribution in [2.24, 2.45) is 0 Å². The highest BCUT2D eigenvalue weighted by atomic mass is 35.5. The summed E-state index contributed by atoms with van der Waals surface area (Å²) in [6.07, 6.45) is -0.201. The summed E-state index contributed by atoms with van der Waals surface area (Å²) in [6, 6.07) is 5.84. The number of carboxylic acids is 1. The average molecular weight is 312 g/mol. The molecule has 20 heavy (non-hydrogen) atoms. The zero-order valence-electron chi connectivity index (χ0n) is 10.1. The average Bonchev–Trinajstić information content (AvgIpc) is 2.92. The van der Waals surface area contributed by atoms with Crippen LogP contribution in [0.3, 0.4) is 0 Å². The molecule has 0 bridgehead atoms. The van der Waals surface area contributed by atoms with E-state index >= 15 is 0 Å². The van der Waals surface area contributed by atoms with Crippen molar-refractivity contribution in [2.45, 2.75) is 12.5 Å². The maximum absolute atomic E-state index is 12.0. The maximum atomic E-state index is 12.0. The number of thiophene rings is 1. The fourth-order valence-corrected chi connectivity index (χ4v) is 2.43. The molecule has 0 aliphatic rings. The molecule has 1 amide bonds. The van der Waals surface area contributed by atoms with Gasteiger partial charge in [-0.15, -0.1) is 21.5 Å². The molecule has 6 nitrogen and oxygen atoms in total. The third kappa shape index (κ3) is 3.75. The van der Waals surface area contributed by atoms with Gasteiger partial charge in [-0.25, -0.2) is 0 Å². The van der Waals surface area contributed by atoms with Crippen molar-refractivity contribution in [3.05, 3.63) is 45.4 Å². The number of hydrogen-bond acceptors (Lipinski definition) is 5. The number of aromatic nitrogens is 2. The van der Waals surface area contributed by atoms with E-state index in [1.165, 1.54) is 23.5 Å². The van der Waals surface area contributed by atoms with Gasteiger partial charge in [-0.1, -0.05) is 17.7 Å². The molecular formula is C12H10ClN3O3S. The Bertz CT molecular complexity index is 601. The second kappa shape index (κ2) is 6.44. The van der Waals surface area contributed by atoms with Crippen molar-refractivity contribution >= 4 is 34.8 Å². The maximum Gasteiger partial charge on any atom is 0.305 e. The molecule has 104 valence electrons. The van der Waals surface area contributed by atoms with E-state index in [-0.39, 0.29) is 17.3 Å². The number of hydrogen-bond donors (Lipinski definition) is 2. The molecule has 1 unspecified atom stereocenters. The van der Waals surface area contributed by atoms with E-state index in [0.717, 1.165) is 4.88 Å². The first-order valence-electron chi connectivity index (χ1n) is 5.61. The van der Waals surface area contributed by atoms with Crippen LogP contribution in [-0.2, 0) is 4.79 Å². The molecule has 0 aliphatic carbocycles. The lowest BCUT2D eigenvalue weighted by atomic mass is 10.1. The molecule has 0 spiro atoms. The van der Waals surface area contributed by atoms with E-state index in [4.69, 9.17) is 16.7 Å². The Hall–Kier alpha value is -1.99. The summed E-state index contributed by atoms with van der Waals surface area (Å²) < 4.78 is 0. The van der Waals surface area contributed by atoms with Gasteiger partial charge in [0.1, 0.15) is 0 Å². The van der Waals surface area contributed by atoms with Crippen molar-refractivity contribution in [3.8, 4) is 0 Å². The number of carboxylic acid groups (broad SMARTS) is 1. The minimum absolute atomic E-state index is 0.0846. The van der Waals surface area contributed by atoms with E-state index in [9.17, 15) is 9.59 Å². The predicted octanol–water partition coefficient (Wildman–Crippen LogP) is 2.14. The zero-order chi connectivity index (χ0) is 14.5. The number of halogens is 1. The van der Waals surface area contributed by atoms with Gasteiger partial charge in [0.2, 0.25) is 0 Å². The summed E-state index contributed by atoms with van der Waals surface area (Å²) in [5.41, 5.74) is 0.0846. The largest absolute Gasteiger partial charge is 0.481 e. The molecule has 0 radical (unpaired) electrons. The van der Waals surface area contributed by atoms with Crippen LogP contribution < -0.4 is 5.32 Å². The molecule has 2 heterocycles. The summed E-state index contributed by atoms with van der Waals surface area (Å²) in [4.78, 5) is 23.6. The van der Waals surface area contributed by atoms with Crippen molar-refractivity contribution in [2.75, 3.05) is 0 Å². The lowest BCUT2D eigenvalue weighted by Gasteiger charge is -2.14. The molecule has 2 aromatic rings. The third-order valence-electron chi connectivity index (χ3n) is 2.44. The summed E-state index contributed by atoms with van der Waals surface area (Å²) in [5.74, 6) is -1.49. The molecule has 2 N–H and O–H groups in total. The van der Waals surface area contributed by atoms with Crippen molar-refractivity contribution < 1.29 is 14.7 Å². The topological polar surface area (TPSA) is 92.2 Å². The monoisotopic (exact) mass is 311 g/mol. The van der Waals surface area contributed by atoms with Crippen LogP contribution in [0.2, 0.25) is 5.15 Å². The van der Waals surface area contributed by atoms with E-state index in [0.29, 0.717) is 0 Å². The lowest BCUT2D eigenvalue weighted by molar-refractivity contribution is -0.137. The van der Waals surface area contributed by atoms with E-state index in [1.54, 1.807) is 12.1 Å². The minimum atomic E-state index is -0.995. The Morgan fingerprint density at radius 3 is 2.70 bits per heavy atom. The first-order chi connectivity index (χ1) is 9.56. The SMILES string of the molecule is O=C(O)CC(NC(=O)c1ccc(Cl)nn1)c1cccs1. The Kier molecular flexibility index (Phi) is 4.65. The molecule has 8 heteroatoms. The number of rotatable bonds is 5. The molecule has 0 aliphatic heterocycles. The molecule has 0 saturated heterocycles. The Morgan fingerprint density at radius 2 is 2.15 bits per heavy atom. The van der Waals surface area contributed by atoms with Gasteiger partial charge in [0.05, 0.1) is 12.5 Å². The third-order valence-corrected chi connectivity index (χ3v) is 3.62. The lowest BCUT2D eigenvalue weighted by Crippen LogP contribution is -2.30. The van der Waals surface area contributed by atoms with Gasteiger partial charge in [-0.05, 0) is 23.6 Å². The highest BCUT2D eigenvalue weighted by Crippen LogP contribution is 2.22. The van der Waals surface area contributed by atoms with Crippen LogP contribution in [0.25, 0.3) is 0 Å². The second-order valence-electron chi connectivity index (χ2n) is 3.88. The number of aliphatic carboxylic acids is 1. The number of nitrogens with zero attached hydrogens (tertiary/aromatic N) is 2. The van der Waals surface area contributed by atoms with E-state index in [2.05, 4.69) is 15.5 Å². The van der Waals surface area contributed by atoms with Gasteiger partial charge in [0, 0.05) is 4.88 Å². The van der Waals surface area contributed by atoms with Gasteiger partial charge in [-0.2, -0.15) is 0 Å². The molecule has 2 aromatic heterocycles. The van der Waals surface area contributed by atoms with Crippen LogP contribution >= 0.6 is 22.9 Å². The highest BCUT2D eigenvalue weighted by molar-refractivity contribution is 7.10. The first kappa shape index (κ1) is 14.4. The fourth-order valence-electron chi connectivity index (χ4n) is 1.56. The highest BCUT2D eigenvalue weighted by Gasteiger charge is 2.20. The summed E-state index contributed by atoms with van der Waals surface area (Å²) in [5, 5.41) is 20.8. The van der Waals surface area contributed by atoms with Crippen molar-refractivity contribution in [3.63, 3.8) is 0 Å². The smallest absolute Gasteiger partial charge is 0.305 e. The van der Waals surface area contributed by atoms with E-state index < -0.39 is 17.9 Å². The van der Waals surface area contributed by atoms with Gasteiger partial charge in [-0.3, -0.25) is 9.59 Å². The van der Waals surface area contributed by atoms with Crippen LogP contribution in [0.15, 0.2) is 29.6 Å². The van der Waals surface area contributed by atoms with Gasteiger partial charge >= 0.3 is 5.97 Å². The molecule has 0 saturated carbocycles. The summed E-state index contributed by atoms with van der Waals surface area (Å²) >= 11 is 6.97. The second-order valence-corrected chi connectivity index (χ2v) is 5.25. The molecule has 0 fully saturated rings. The number of carbonyl (C=O) groups excluding carboxylic acids is 1. The van der Waals surface area contributed by atoms with Crippen LogP contribution in [0.1, 0.15) is 27.8 Å². The summed E-state index contributed by atoms with van der Waals surface area (Å²) in [7, 11) is 0. The standard InChI is InChI=1S/C12H10ClN3O3S/c13-10-4-3-7(15-16-10)12(19)14-8(6-11(17)18)9-2-1-5-20-9/h1-5,8H,6H2,(H,14,19)(H,17,18). The van der Waals surface area contributed by atoms with Crippen molar-refractivity contribution in [1.29, 1.82) is 0 Å². The quantitative estimate of drug-likeness (QED) is 0.882. The van der Waals surface area contributed by atoms with Gasteiger partial charge in [0.25, 0.3) is 5.91 Å². The number of nitrogens with one attached hydrogen (secondary N) is 1. The van der Waals surface area contributed by atoms with Crippen LogP contribution in [0, 0.1) is 0 Å². The van der Waals surface area contributed by atoms with Gasteiger partial charge in [0.15, 0.2) is 10.8 Å². The Balaban J connectivity index is 2.13. The molecule has 1 atom stereocenters. The van der Waals surface area contributed by atoms with Crippen molar-refractivity contribution in [1.82, 2.24) is 15.5 Å².